The number of fused-ring (bicyclic) bond motifs is 2. The third-order valence-electron chi connectivity index (χ3n) is 7.39. The Morgan fingerprint density at radius 1 is 0.605 bits per heavy atom. The number of benzene rings is 5. The molecule has 2 aliphatic heterocycles. The van der Waals surface area contributed by atoms with Gasteiger partial charge in [0, 0.05) is 28.9 Å². The second-order valence-corrected chi connectivity index (χ2v) is 11.3. The highest BCUT2D eigenvalue weighted by atomic mass is 32.2. The molecule has 0 bridgehead atoms. The van der Waals surface area contributed by atoms with Gasteiger partial charge >= 0.3 is 0 Å². The molecule has 0 aliphatic carbocycles. The van der Waals surface area contributed by atoms with Crippen LogP contribution < -0.4 is 10.0 Å². The zero-order chi connectivity index (χ0) is 29.6. The molecule has 0 aromatic heterocycles. The van der Waals surface area contributed by atoms with Crippen molar-refractivity contribution in [3.05, 3.63) is 167 Å². The molecule has 1 atom stereocenters. The van der Waals surface area contributed by atoms with E-state index in [9.17, 15) is 0 Å². The topological polar surface area (TPSA) is 51.4 Å². The quantitative estimate of drug-likeness (QED) is 0.227. The summed E-state index contributed by atoms with van der Waals surface area (Å²) in [5, 5.41) is 23.6. The average molecular weight is 583 g/mol. The molecule has 214 valence electrons. The Morgan fingerprint density at radius 3 is 1.70 bits per heavy atom. The van der Waals surface area contributed by atoms with Gasteiger partial charge in [0.05, 0.1) is 17.1 Å². The van der Waals surface area contributed by atoms with Gasteiger partial charge in [-0.05, 0) is 54.9 Å². The molecule has 1 N–H and O–H groups in total. The van der Waals surface area contributed by atoms with Crippen molar-refractivity contribution in [2.45, 2.75) is 25.3 Å². The standard InChI is InChI=1S/C35H28N4S.C2H6O/c1-2-26-22-24-27(25-23-26)33-31-20-12-13-21-32(31)35(38(36-33)29-16-8-4-9-17-29)39(30-18-10-5-11-19-30)37-34(40-35)28-14-6-3-7-15-28;1-2-3/h3-25H,2H2,1H3;3H,2H2,1H3. The highest BCUT2D eigenvalue weighted by Crippen LogP contribution is 2.55. The molecule has 0 radical (unpaired) electrons. The van der Waals surface area contributed by atoms with E-state index in [2.05, 4.69) is 138 Å². The lowest BCUT2D eigenvalue weighted by atomic mass is 9.92. The minimum absolute atomic E-state index is 0.250. The van der Waals surface area contributed by atoms with Crippen molar-refractivity contribution in [3.8, 4) is 0 Å². The first-order valence-corrected chi connectivity index (χ1v) is 15.4. The van der Waals surface area contributed by atoms with Crippen LogP contribution in [-0.2, 0) is 11.4 Å². The van der Waals surface area contributed by atoms with Crippen LogP contribution in [0.2, 0.25) is 0 Å². The zero-order valence-corrected chi connectivity index (χ0v) is 25.2. The first-order chi connectivity index (χ1) is 21.2. The molecule has 43 heavy (non-hydrogen) atoms. The molecule has 5 aromatic rings. The van der Waals surface area contributed by atoms with Crippen LogP contribution in [0.25, 0.3) is 0 Å². The summed E-state index contributed by atoms with van der Waals surface area (Å²) in [6.07, 6.45) is 1.00. The Morgan fingerprint density at radius 2 is 1.12 bits per heavy atom. The third kappa shape index (κ3) is 5.36. The van der Waals surface area contributed by atoms with E-state index in [0.29, 0.717) is 0 Å². The monoisotopic (exact) mass is 582 g/mol. The molecule has 0 saturated heterocycles. The molecule has 0 fully saturated rings. The van der Waals surface area contributed by atoms with Gasteiger partial charge in [-0.25, -0.2) is 10.0 Å². The van der Waals surface area contributed by atoms with Crippen molar-refractivity contribution >= 4 is 33.9 Å². The molecule has 7 rings (SSSR count). The normalized spacial score (nSPS) is 17.1. The van der Waals surface area contributed by atoms with Gasteiger partial charge in [0.25, 0.3) is 0 Å². The summed E-state index contributed by atoms with van der Waals surface area (Å²) in [7, 11) is 0. The summed E-state index contributed by atoms with van der Waals surface area (Å²) in [5.74, 6) is 0. The number of hydrogen-bond acceptors (Lipinski definition) is 6. The molecule has 0 saturated carbocycles. The molecular formula is C37H34N4OS. The van der Waals surface area contributed by atoms with E-state index in [0.717, 1.165) is 50.8 Å². The van der Waals surface area contributed by atoms with E-state index in [1.165, 1.54) is 5.56 Å². The van der Waals surface area contributed by atoms with E-state index in [4.69, 9.17) is 15.3 Å². The fraction of sp³-hybridized carbons (Fsp3) is 0.135. The second-order valence-electron chi connectivity index (χ2n) is 10.1. The van der Waals surface area contributed by atoms with Crippen molar-refractivity contribution < 1.29 is 5.11 Å². The summed E-state index contributed by atoms with van der Waals surface area (Å²) in [5.41, 5.74) is 8.70. The van der Waals surface area contributed by atoms with E-state index >= 15 is 0 Å². The van der Waals surface area contributed by atoms with Crippen molar-refractivity contribution in [1.29, 1.82) is 0 Å². The summed E-state index contributed by atoms with van der Waals surface area (Å²) in [6.45, 7) is 4.11. The smallest absolute Gasteiger partial charge is 0.234 e. The predicted octanol–water partition coefficient (Wildman–Crippen LogP) is 8.25. The van der Waals surface area contributed by atoms with Crippen LogP contribution >= 0.6 is 11.8 Å². The van der Waals surface area contributed by atoms with E-state index < -0.39 is 4.99 Å². The minimum Gasteiger partial charge on any atom is -0.397 e. The Bertz CT molecular complexity index is 1720. The summed E-state index contributed by atoms with van der Waals surface area (Å²) >= 11 is 1.73. The predicted molar refractivity (Wildman–Crippen MR) is 181 cm³/mol. The number of para-hydroxylation sites is 2. The largest absolute Gasteiger partial charge is 0.397 e. The molecule has 1 unspecified atom stereocenters. The van der Waals surface area contributed by atoms with Crippen molar-refractivity contribution in [2.75, 3.05) is 16.6 Å². The van der Waals surface area contributed by atoms with Crippen LogP contribution in [0.4, 0.5) is 11.4 Å². The van der Waals surface area contributed by atoms with Gasteiger partial charge in [0.15, 0.2) is 0 Å². The Labute approximate surface area is 257 Å². The first kappa shape index (κ1) is 28.5. The van der Waals surface area contributed by atoms with Crippen molar-refractivity contribution in [1.82, 2.24) is 0 Å². The summed E-state index contributed by atoms with van der Waals surface area (Å²) in [6, 6.07) is 48.7. The number of aryl methyl sites for hydroxylation is 1. The lowest BCUT2D eigenvalue weighted by Gasteiger charge is -2.47. The lowest BCUT2D eigenvalue weighted by Crippen LogP contribution is -2.54. The van der Waals surface area contributed by atoms with Gasteiger partial charge in [-0.3, -0.25) is 0 Å². The van der Waals surface area contributed by atoms with Crippen LogP contribution in [0.5, 0.6) is 0 Å². The molecule has 2 heterocycles. The van der Waals surface area contributed by atoms with Crippen molar-refractivity contribution in [2.24, 2.45) is 10.2 Å². The number of hydrazone groups is 2. The maximum absolute atomic E-state index is 7.57. The molecule has 5 aromatic carbocycles. The van der Waals surface area contributed by atoms with Gasteiger partial charge in [-0.1, -0.05) is 122 Å². The SMILES string of the molecule is CCO.CCc1ccc(C2=NN(c3ccccc3)C3(SC(c4ccccc4)=NN3c3ccccc3)c3ccccc32)cc1. The van der Waals surface area contributed by atoms with E-state index in [1.807, 2.05) is 18.2 Å². The van der Waals surface area contributed by atoms with Gasteiger partial charge in [0.1, 0.15) is 5.04 Å². The molecular weight excluding hydrogens is 549 g/mol. The number of aliphatic hydroxyl groups excluding tert-OH is 1. The molecule has 0 amide bonds. The van der Waals surface area contributed by atoms with Gasteiger partial charge < -0.3 is 5.11 Å². The van der Waals surface area contributed by atoms with Gasteiger partial charge in [-0.15, -0.1) is 0 Å². The number of thioether (sulfide) groups is 1. The highest BCUT2D eigenvalue weighted by Gasteiger charge is 2.55. The Balaban J connectivity index is 0.00000105. The van der Waals surface area contributed by atoms with Gasteiger partial charge in [0.2, 0.25) is 4.99 Å². The number of aliphatic hydroxyl groups is 1. The summed E-state index contributed by atoms with van der Waals surface area (Å²) in [4.78, 5) is -0.780. The fourth-order valence-electron chi connectivity index (χ4n) is 5.38. The Kier molecular flexibility index (Phi) is 8.40. The van der Waals surface area contributed by atoms with Crippen LogP contribution in [-0.4, -0.2) is 22.5 Å². The van der Waals surface area contributed by atoms with Crippen molar-refractivity contribution in [3.63, 3.8) is 0 Å². The van der Waals surface area contributed by atoms with Crippen LogP contribution in [0.3, 0.4) is 0 Å². The molecule has 6 heteroatoms. The van der Waals surface area contributed by atoms with Gasteiger partial charge in [-0.2, -0.15) is 10.2 Å². The Hall–Kier alpha value is -4.65. The van der Waals surface area contributed by atoms with E-state index in [1.54, 1.807) is 18.7 Å². The molecule has 5 nitrogen and oxygen atoms in total. The maximum atomic E-state index is 7.57. The second kappa shape index (κ2) is 12.7. The maximum Gasteiger partial charge on any atom is 0.234 e. The minimum atomic E-state index is -0.780. The highest BCUT2D eigenvalue weighted by molar-refractivity contribution is 8.15. The first-order valence-electron chi connectivity index (χ1n) is 14.6. The number of anilines is 2. The van der Waals surface area contributed by atoms with Crippen LogP contribution in [0.15, 0.2) is 150 Å². The molecule has 1 spiro atoms. The summed E-state index contributed by atoms with van der Waals surface area (Å²) < 4.78 is 0. The lowest BCUT2D eigenvalue weighted by molar-refractivity contribution is 0.318. The molecule has 2 aliphatic rings. The van der Waals surface area contributed by atoms with E-state index in [-0.39, 0.29) is 6.61 Å². The number of hydrogen-bond donors (Lipinski definition) is 1. The van der Waals surface area contributed by atoms with Crippen LogP contribution in [0, 0.1) is 0 Å². The average Bonchev–Trinajstić information content (AvgIpc) is 3.48. The fourth-order valence-corrected chi connectivity index (χ4v) is 6.78. The third-order valence-corrected chi connectivity index (χ3v) is 8.76. The van der Waals surface area contributed by atoms with Crippen LogP contribution in [0.1, 0.15) is 41.7 Å². The number of nitrogens with zero attached hydrogens (tertiary/aromatic N) is 4. The number of rotatable bonds is 5. The zero-order valence-electron chi connectivity index (χ0n) is 24.3.